The number of non-ortho nitro benzene ring substituents is 1. The number of benzene rings is 2. The number of aliphatic hydroxyl groups is 1. The molecule has 0 radical (unpaired) electrons. The van der Waals surface area contributed by atoms with E-state index in [-0.39, 0.29) is 18.9 Å². The molecule has 0 bridgehead atoms. The Hall–Kier alpha value is -1.44. The summed E-state index contributed by atoms with van der Waals surface area (Å²) in [6, 6.07) is 9.84. The first-order valence-electron chi connectivity index (χ1n) is 5.96. The van der Waals surface area contributed by atoms with Crippen LogP contribution in [-0.2, 0) is 13.2 Å². The molecule has 5 nitrogen and oxygen atoms in total. The van der Waals surface area contributed by atoms with Crippen LogP contribution >= 0.6 is 31.9 Å². The Balaban J connectivity index is 2.11. The molecule has 0 amide bonds. The summed E-state index contributed by atoms with van der Waals surface area (Å²) in [5, 5.41) is 19.9. The van der Waals surface area contributed by atoms with E-state index in [1.165, 1.54) is 12.1 Å². The van der Waals surface area contributed by atoms with Crippen LogP contribution in [0.4, 0.5) is 5.69 Å². The van der Waals surface area contributed by atoms with E-state index < -0.39 is 4.92 Å². The van der Waals surface area contributed by atoms with E-state index in [0.717, 1.165) is 15.6 Å². The lowest BCUT2D eigenvalue weighted by Gasteiger charge is -2.10. The van der Waals surface area contributed by atoms with Crippen molar-refractivity contribution >= 4 is 37.5 Å². The number of nitrogens with zero attached hydrogens (tertiary/aromatic N) is 1. The van der Waals surface area contributed by atoms with Crippen molar-refractivity contribution in [2.45, 2.75) is 13.2 Å². The second kappa shape index (κ2) is 7.02. The lowest BCUT2D eigenvalue weighted by atomic mass is 10.2. The summed E-state index contributed by atoms with van der Waals surface area (Å²) < 4.78 is 7.07. The second-order valence-corrected chi connectivity index (χ2v) is 5.94. The molecule has 2 rings (SSSR count). The molecule has 0 saturated heterocycles. The van der Waals surface area contributed by atoms with Gasteiger partial charge in [-0.2, -0.15) is 0 Å². The topological polar surface area (TPSA) is 72.6 Å². The smallest absolute Gasteiger partial charge is 0.270 e. The lowest BCUT2D eigenvalue weighted by Crippen LogP contribution is -1.98. The monoisotopic (exact) mass is 415 g/mol. The minimum Gasteiger partial charge on any atom is -0.489 e. The number of hydrogen-bond acceptors (Lipinski definition) is 4. The van der Waals surface area contributed by atoms with Gasteiger partial charge < -0.3 is 9.84 Å². The Morgan fingerprint density at radius 1 is 1.10 bits per heavy atom. The van der Waals surface area contributed by atoms with Crippen LogP contribution in [0.2, 0.25) is 0 Å². The minimum absolute atomic E-state index is 0.0248. The Morgan fingerprint density at radius 3 is 2.48 bits per heavy atom. The van der Waals surface area contributed by atoms with E-state index in [1.807, 2.05) is 0 Å². The Kier molecular flexibility index (Phi) is 5.33. The van der Waals surface area contributed by atoms with Crippen molar-refractivity contribution < 1.29 is 14.8 Å². The molecule has 0 unspecified atom stereocenters. The zero-order valence-electron chi connectivity index (χ0n) is 10.8. The quantitative estimate of drug-likeness (QED) is 0.585. The number of aliphatic hydroxyl groups excluding tert-OH is 1. The highest BCUT2D eigenvalue weighted by molar-refractivity contribution is 9.10. The van der Waals surface area contributed by atoms with Crippen molar-refractivity contribution in [1.29, 1.82) is 0 Å². The molecular weight excluding hydrogens is 406 g/mol. The number of ether oxygens (including phenoxy) is 1. The molecule has 0 aliphatic carbocycles. The largest absolute Gasteiger partial charge is 0.489 e. The Labute approximate surface area is 138 Å². The molecule has 7 heteroatoms. The maximum absolute atomic E-state index is 10.7. The van der Waals surface area contributed by atoms with Gasteiger partial charge in [0.05, 0.1) is 11.5 Å². The summed E-state index contributed by atoms with van der Waals surface area (Å²) in [5.41, 5.74) is 1.56. The Bertz CT molecular complexity index is 676. The van der Waals surface area contributed by atoms with Gasteiger partial charge in [0.1, 0.15) is 12.4 Å². The molecule has 0 atom stereocenters. The molecule has 110 valence electrons. The fourth-order valence-electron chi connectivity index (χ4n) is 1.69. The highest BCUT2D eigenvalue weighted by Gasteiger charge is 2.10. The maximum Gasteiger partial charge on any atom is 0.270 e. The molecule has 0 spiro atoms. The predicted molar refractivity (Wildman–Crippen MR) is 85.2 cm³/mol. The van der Waals surface area contributed by atoms with Gasteiger partial charge in [-0.1, -0.05) is 31.9 Å². The fraction of sp³-hybridized carbons (Fsp3) is 0.143. The third kappa shape index (κ3) is 4.03. The van der Waals surface area contributed by atoms with Crippen LogP contribution in [0, 0.1) is 10.1 Å². The predicted octanol–water partition coefficient (Wildman–Crippen LogP) is 4.19. The Morgan fingerprint density at radius 2 is 1.86 bits per heavy atom. The normalized spacial score (nSPS) is 10.4. The van der Waals surface area contributed by atoms with Gasteiger partial charge in [-0.15, -0.1) is 0 Å². The molecule has 0 aromatic heterocycles. The van der Waals surface area contributed by atoms with E-state index in [0.29, 0.717) is 10.2 Å². The summed E-state index contributed by atoms with van der Waals surface area (Å²) in [6.45, 7) is 0.185. The molecule has 0 aliphatic rings. The molecule has 2 aromatic carbocycles. The molecule has 0 fully saturated rings. The third-order valence-corrected chi connectivity index (χ3v) is 4.34. The average molecular weight is 417 g/mol. The van der Waals surface area contributed by atoms with Crippen LogP contribution in [0.25, 0.3) is 0 Å². The van der Waals surface area contributed by atoms with Crippen LogP contribution in [0.3, 0.4) is 0 Å². The first-order chi connectivity index (χ1) is 10.0. The molecule has 0 heterocycles. The van der Waals surface area contributed by atoms with Crippen LogP contribution < -0.4 is 4.74 Å². The van der Waals surface area contributed by atoms with Crippen LogP contribution in [0.15, 0.2) is 45.3 Å². The average Bonchev–Trinajstić information content (AvgIpc) is 2.47. The zero-order chi connectivity index (χ0) is 15.4. The number of hydrogen-bond donors (Lipinski definition) is 1. The first-order valence-corrected chi connectivity index (χ1v) is 7.54. The number of nitro groups is 1. The molecule has 2 aromatic rings. The second-order valence-electron chi connectivity index (χ2n) is 4.23. The summed E-state index contributed by atoms with van der Waals surface area (Å²) in [4.78, 5) is 10.2. The summed E-state index contributed by atoms with van der Waals surface area (Å²) >= 11 is 6.63. The molecular formula is C14H11Br2NO4. The standard InChI is InChI=1S/C14H11Br2NO4/c15-13-4-3-12(5-10(13)7-18)21-8-9-1-2-11(17(19)20)6-14(9)16/h1-6,18H,7-8H2. The third-order valence-electron chi connectivity index (χ3n) is 2.83. The molecule has 21 heavy (non-hydrogen) atoms. The molecule has 0 saturated carbocycles. The van der Waals surface area contributed by atoms with Crippen molar-refractivity contribution in [1.82, 2.24) is 0 Å². The zero-order valence-corrected chi connectivity index (χ0v) is 13.9. The van der Waals surface area contributed by atoms with Gasteiger partial charge in [-0.3, -0.25) is 10.1 Å². The first kappa shape index (κ1) is 15.9. The van der Waals surface area contributed by atoms with Gasteiger partial charge in [-0.05, 0) is 29.8 Å². The SMILES string of the molecule is O=[N+]([O-])c1ccc(COc2ccc(Br)c(CO)c2)c(Br)c1. The van der Waals surface area contributed by atoms with E-state index in [4.69, 9.17) is 4.74 Å². The number of nitro benzene ring substituents is 1. The van der Waals surface area contributed by atoms with Crippen molar-refractivity contribution in [3.63, 3.8) is 0 Å². The van der Waals surface area contributed by atoms with Gasteiger partial charge in [0.15, 0.2) is 0 Å². The van der Waals surface area contributed by atoms with Crippen LogP contribution in [-0.4, -0.2) is 10.0 Å². The molecule has 0 aliphatic heterocycles. The number of halogens is 2. The van der Waals surface area contributed by atoms with E-state index in [1.54, 1.807) is 24.3 Å². The van der Waals surface area contributed by atoms with Crippen LogP contribution in [0.1, 0.15) is 11.1 Å². The van der Waals surface area contributed by atoms with Crippen molar-refractivity contribution in [2.75, 3.05) is 0 Å². The van der Waals surface area contributed by atoms with Gasteiger partial charge in [0.25, 0.3) is 5.69 Å². The minimum atomic E-state index is -0.447. The maximum atomic E-state index is 10.7. The van der Waals surface area contributed by atoms with Gasteiger partial charge >= 0.3 is 0 Å². The van der Waals surface area contributed by atoms with E-state index >= 15 is 0 Å². The van der Waals surface area contributed by atoms with Crippen molar-refractivity contribution in [3.05, 3.63) is 66.6 Å². The van der Waals surface area contributed by atoms with E-state index in [9.17, 15) is 15.2 Å². The summed E-state index contributed by atoms with van der Waals surface area (Å²) in [6.07, 6.45) is 0. The van der Waals surface area contributed by atoms with Gasteiger partial charge in [0.2, 0.25) is 0 Å². The van der Waals surface area contributed by atoms with Crippen molar-refractivity contribution in [2.24, 2.45) is 0 Å². The van der Waals surface area contributed by atoms with Gasteiger partial charge in [-0.25, -0.2) is 0 Å². The highest BCUT2D eigenvalue weighted by atomic mass is 79.9. The molecule has 1 N–H and O–H groups in total. The summed E-state index contributed by atoms with van der Waals surface area (Å²) in [7, 11) is 0. The fourth-order valence-corrected chi connectivity index (χ4v) is 2.54. The van der Waals surface area contributed by atoms with Crippen LogP contribution in [0.5, 0.6) is 5.75 Å². The lowest BCUT2D eigenvalue weighted by molar-refractivity contribution is -0.384. The highest BCUT2D eigenvalue weighted by Crippen LogP contribution is 2.26. The summed E-state index contributed by atoms with van der Waals surface area (Å²) in [5.74, 6) is 0.618. The van der Waals surface area contributed by atoms with E-state index in [2.05, 4.69) is 31.9 Å². The number of rotatable bonds is 5. The van der Waals surface area contributed by atoms with Crippen molar-refractivity contribution in [3.8, 4) is 5.75 Å². The van der Waals surface area contributed by atoms with Gasteiger partial charge in [0, 0.05) is 26.6 Å².